The SMILES string of the molecule is COCc1ccccc1CNc1cc(C)ccc1OC. The summed E-state index contributed by atoms with van der Waals surface area (Å²) >= 11 is 0. The molecule has 0 aliphatic heterocycles. The molecular weight excluding hydrogens is 250 g/mol. The lowest BCUT2D eigenvalue weighted by Gasteiger charge is -2.14. The van der Waals surface area contributed by atoms with Crippen LogP contribution in [0.2, 0.25) is 0 Å². The summed E-state index contributed by atoms with van der Waals surface area (Å²) in [6.07, 6.45) is 0. The summed E-state index contributed by atoms with van der Waals surface area (Å²) in [4.78, 5) is 0. The van der Waals surface area contributed by atoms with Gasteiger partial charge in [0.15, 0.2) is 0 Å². The molecule has 0 aromatic heterocycles. The molecule has 0 unspecified atom stereocenters. The summed E-state index contributed by atoms with van der Waals surface area (Å²) in [6.45, 7) is 3.45. The summed E-state index contributed by atoms with van der Waals surface area (Å²) < 4.78 is 10.6. The first-order valence-electron chi connectivity index (χ1n) is 6.69. The quantitative estimate of drug-likeness (QED) is 0.867. The zero-order valence-electron chi connectivity index (χ0n) is 12.3. The van der Waals surface area contributed by atoms with Crippen LogP contribution in [-0.4, -0.2) is 14.2 Å². The molecule has 0 bridgehead atoms. The number of hydrogen-bond acceptors (Lipinski definition) is 3. The van der Waals surface area contributed by atoms with Crippen molar-refractivity contribution >= 4 is 5.69 Å². The molecule has 0 radical (unpaired) electrons. The maximum absolute atomic E-state index is 5.38. The van der Waals surface area contributed by atoms with Crippen molar-refractivity contribution in [3.63, 3.8) is 0 Å². The molecule has 3 heteroatoms. The second-order valence-electron chi connectivity index (χ2n) is 4.76. The van der Waals surface area contributed by atoms with Gasteiger partial charge in [0.05, 0.1) is 19.4 Å². The van der Waals surface area contributed by atoms with E-state index >= 15 is 0 Å². The van der Waals surface area contributed by atoms with Gasteiger partial charge in [0.25, 0.3) is 0 Å². The Hall–Kier alpha value is -2.00. The van der Waals surface area contributed by atoms with Crippen LogP contribution in [0.4, 0.5) is 5.69 Å². The zero-order chi connectivity index (χ0) is 14.4. The number of anilines is 1. The minimum atomic E-state index is 0.628. The highest BCUT2D eigenvalue weighted by molar-refractivity contribution is 5.58. The van der Waals surface area contributed by atoms with Gasteiger partial charge in [0.2, 0.25) is 0 Å². The van der Waals surface area contributed by atoms with Crippen LogP contribution in [0.3, 0.4) is 0 Å². The average molecular weight is 271 g/mol. The van der Waals surface area contributed by atoms with E-state index in [-0.39, 0.29) is 0 Å². The van der Waals surface area contributed by atoms with Gasteiger partial charge in [-0.25, -0.2) is 0 Å². The monoisotopic (exact) mass is 271 g/mol. The van der Waals surface area contributed by atoms with Gasteiger partial charge >= 0.3 is 0 Å². The van der Waals surface area contributed by atoms with Crippen LogP contribution in [0.25, 0.3) is 0 Å². The maximum Gasteiger partial charge on any atom is 0.141 e. The topological polar surface area (TPSA) is 30.5 Å². The van der Waals surface area contributed by atoms with Crippen LogP contribution in [-0.2, 0) is 17.9 Å². The molecule has 0 aliphatic carbocycles. The third kappa shape index (κ3) is 3.52. The van der Waals surface area contributed by atoms with E-state index in [1.807, 2.05) is 24.3 Å². The lowest BCUT2D eigenvalue weighted by Crippen LogP contribution is -2.05. The van der Waals surface area contributed by atoms with Gasteiger partial charge in [0, 0.05) is 13.7 Å². The van der Waals surface area contributed by atoms with Crippen LogP contribution < -0.4 is 10.1 Å². The summed E-state index contributed by atoms with van der Waals surface area (Å²) in [6, 6.07) is 14.4. The highest BCUT2D eigenvalue weighted by Gasteiger charge is 2.05. The fourth-order valence-corrected chi connectivity index (χ4v) is 2.18. The molecular formula is C17H21NO2. The number of aryl methyl sites for hydroxylation is 1. The molecule has 2 aromatic carbocycles. The Bertz CT molecular complexity index is 567. The molecule has 106 valence electrons. The Labute approximate surface area is 120 Å². The molecule has 3 nitrogen and oxygen atoms in total. The highest BCUT2D eigenvalue weighted by Crippen LogP contribution is 2.26. The summed E-state index contributed by atoms with van der Waals surface area (Å²) in [7, 11) is 3.41. The third-order valence-corrected chi connectivity index (χ3v) is 3.24. The Morgan fingerprint density at radius 1 is 1.00 bits per heavy atom. The van der Waals surface area contributed by atoms with Crippen LogP contribution in [0.5, 0.6) is 5.75 Å². The summed E-state index contributed by atoms with van der Waals surface area (Å²) in [5.41, 5.74) is 4.66. The van der Waals surface area contributed by atoms with Crippen molar-refractivity contribution in [2.24, 2.45) is 0 Å². The number of methoxy groups -OCH3 is 2. The predicted molar refractivity (Wildman–Crippen MR) is 82.2 cm³/mol. The standard InChI is InChI=1S/C17H21NO2/c1-13-8-9-17(20-3)16(10-13)18-11-14-6-4-5-7-15(14)12-19-2/h4-10,18H,11-12H2,1-3H3. The predicted octanol–water partition coefficient (Wildman–Crippen LogP) is 3.76. The van der Waals surface area contributed by atoms with Crippen LogP contribution in [0, 0.1) is 6.92 Å². The van der Waals surface area contributed by atoms with Gasteiger partial charge in [-0.1, -0.05) is 30.3 Å². The lowest BCUT2D eigenvalue weighted by atomic mass is 10.1. The summed E-state index contributed by atoms with van der Waals surface area (Å²) in [5.74, 6) is 0.861. The first-order valence-corrected chi connectivity index (χ1v) is 6.69. The van der Waals surface area contributed by atoms with Crippen molar-refractivity contribution in [3.05, 3.63) is 59.2 Å². The van der Waals surface area contributed by atoms with Gasteiger partial charge in [-0.3, -0.25) is 0 Å². The smallest absolute Gasteiger partial charge is 0.141 e. The third-order valence-electron chi connectivity index (χ3n) is 3.24. The zero-order valence-corrected chi connectivity index (χ0v) is 12.3. The number of nitrogens with one attached hydrogen (secondary N) is 1. The molecule has 0 aliphatic rings. The van der Waals surface area contributed by atoms with E-state index in [4.69, 9.17) is 9.47 Å². The number of ether oxygens (including phenoxy) is 2. The van der Waals surface area contributed by atoms with E-state index in [9.17, 15) is 0 Å². The lowest BCUT2D eigenvalue weighted by molar-refractivity contribution is 0.184. The molecule has 0 saturated carbocycles. The molecule has 0 spiro atoms. The highest BCUT2D eigenvalue weighted by atomic mass is 16.5. The van der Waals surface area contributed by atoms with Gasteiger partial charge < -0.3 is 14.8 Å². The van der Waals surface area contributed by atoms with E-state index in [1.165, 1.54) is 16.7 Å². The van der Waals surface area contributed by atoms with Crippen molar-refractivity contribution < 1.29 is 9.47 Å². The van der Waals surface area contributed by atoms with Crippen LogP contribution in [0.15, 0.2) is 42.5 Å². The fraction of sp³-hybridized carbons (Fsp3) is 0.294. The van der Waals surface area contributed by atoms with Crippen molar-refractivity contribution in [3.8, 4) is 5.75 Å². The molecule has 0 saturated heterocycles. The first-order chi connectivity index (χ1) is 9.74. The van der Waals surface area contributed by atoms with Crippen molar-refractivity contribution in [2.45, 2.75) is 20.1 Å². The number of rotatable bonds is 6. The van der Waals surface area contributed by atoms with Crippen LogP contribution >= 0.6 is 0 Å². The van der Waals surface area contributed by atoms with Gasteiger partial charge in [-0.2, -0.15) is 0 Å². The minimum Gasteiger partial charge on any atom is -0.495 e. The molecule has 2 rings (SSSR count). The van der Waals surface area contributed by atoms with Crippen molar-refractivity contribution in [1.82, 2.24) is 0 Å². The Balaban J connectivity index is 2.14. The van der Waals surface area contributed by atoms with Gasteiger partial charge in [-0.05, 0) is 35.7 Å². The molecule has 0 amide bonds. The average Bonchev–Trinajstić information content (AvgIpc) is 2.47. The summed E-state index contributed by atoms with van der Waals surface area (Å²) in [5, 5.41) is 3.44. The molecule has 0 fully saturated rings. The maximum atomic E-state index is 5.38. The van der Waals surface area contributed by atoms with E-state index in [0.717, 1.165) is 18.0 Å². The molecule has 0 atom stereocenters. The van der Waals surface area contributed by atoms with Gasteiger partial charge in [0.1, 0.15) is 5.75 Å². The minimum absolute atomic E-state index is 0.628. The van der Waals surface area contributed by atoms with Crippen LogP contribution in [0.1, 0.15) is 16.7 Å². The van der Waals surface area contributed by atoms with Crippen molar-refractivity contribution in [2.75, 3.05) is 19.5 Å². The number of hydrogen-bond donors (Lipinski definition) is 1. The Morgan fingerprint density at radius 3 is 2.45 bits per heavy atom. The largest absolute Gasteiger partial charge is 0.495 e. The van der Waals surface area contributed by atoms with E-state index in [1.54, 1.807) is 14.2 Å². The second kappa shape index (κ2) is 6.96. The number of benzene rings is 2. The van der Waals surface area contributed by atoms with Gasteiger partial charge in [-0.15, -0.1) is 0 Å². The van der Waals surface area contributed by atoms with Crippen molar-refractivity contribution in [1.29, 1.82) is 0 Å². The van der Waals surface area contributed by atoms with E-state index in [2.05, 4.69) is 30.4 Å². The first kappa shape index (κ1) is 14.4. The Morgan fingerprint density at radius 2 is 1.75 bits per heavy atom. The molecule has 0 heterocycles. The second-order valence-corrected chi connectivity index (χ2v) is 4.76. The molecule has 1 N–H and O–H groups in total. The Kier molecular flexibility index (Phi) is 5.02. The molecule has 2 aromatic rings. The van der Waals surface area contributed by atoms with E-state index in [0.29, 0.717) is 6.61 Å². The van der Waals surface area contributed by atoms with E-state index < -0.39 is 0 Å². The normalized spacial score (nSPS) is 10.3. The molecule has 20 heavy (non-hydrogen) atoms. The fourth-order valence-electron chi connectivity index (χ4n) is 2.18.